The first-order chi connectivity index (χ1) is 13.5. The van der Waals surface area contributed by atoms with E-state index in [2.05, 4.69) is 32.5 Å². The van der Waals surface area contributed by atoms with E-state index in [-0.39, 0.29) is 18.5 Å². The molecule has 0 aliphatic heterocycles. The van der Waals surface area contributed by atoms with Crippen molar-refractivity contribution in [2.75, 3.05) is 20.6 Å². The van der Waals surface area contributed by atoms with Gasteiger partial charge in [0.1, 0.15) is 6.54 Å². The highest BCUT2D eigenvalue weighted by Gasteiger charge is 2.17. The van der Waals surface area contributed by atoms with Crippen molar-refractivity contribution in [3.05, 3.63) is 70.5 Å². The van der Waals surface area contributed by atoms with Gasteiger partial charge in [-0.15, -0.1) is 0 Å². The molecule has 0 aliphatic rings. The summed E-state index contributed by atoms with van der Waals surface area (Å²) in [6.45, 7) is 2.66. The Morgan fingerprint density at radius 1 is 1.18 bits per heavy atom. The number of likely N-dealkylation sites (N-methyl/N-ethyl adjacent to an activating group) is 1. The number of aromatic amines is 1. The van der Waals surface area contributed by atoms with Crippen LogP contribution in [0, 0.1) is 11.7 Å². The molecule has 0 unspecified atom stereocenters. The van der Waals surface area contributed by atoms with Crippen LogP contribution in [0.25, 0.3) is 11.4 Å². The highest BCUT2D eigenvalue weighted by molar-refractivity contribution is 7.71. The summed E-state index contributed by atoms with van der Waals surface area (Å²) in [5, 5.41) is 10.1. The highest BCUT2D eigenvalue weighted by Crippen LogP contribution is 2.19. The fraction of sp³-hybridized carbons (Fsp3) is 0.286. The van der Waals surface area contributed by atoms with Gasteiger partial charge in [0, 0.05) is 12.1 Å². The Hall–Kier alpha value is -2.77. The Morgan fingerprint density at radius 3 is 2.50 bits per heavy atom. The van der Waals surface area contributed by atoms with Crippen LogP contribution >= 0.6 is 12.2 Å². The van der Waals surface area contributed by atoms with Crippen molar-refractivity contribution >= 4 is 18.1 Å². The predicted octanol–water partition coefficient (Wildman–Crippen LogP) is 3.34. The zero-order valence-electron chi connectivity index (χ0n) is 16.3. The van der Waals surface area contributed by atoms with E-state index < -0.39 is 0 Å². The van der Waals surface area contributed by atoms with Crippen LogP contribution in [0.5, 0.6) is 0 Å². The Labute approximate surface area is 170 Å². The molecule has 0 fully saturated rings. The maximum Gasteiger partial charge on any atom is 0.240 e. The van der Waals surface area contributed by atoms with Gasteiger partial charge in [0.25, 0.3) is 0 Å². The molecule has 1 heterocycles. The summed E-state index contributed by atoms with van der Waals surface area (Å²) in [6, 6.07) is 18.2. The van der Waals surface area contributed by atoms with Gasteiger partial charge in [-0.05, 0) is 38.8 Å². The first-order valence-electron chi connectivity index (χ1n) is 9.16. The standard InChI is InChI=1S/C21H25N5OS/c1-15-9-11-17(12-10-15)20-23-24-21(28)26(20)14-19(27)22-13-18(25(2)3)16-7-5-4-6-8-16/h4-12,18H,13-14H2,1-3H3,(H,22,27)(H,24,28)/t18-/m0/s1. The molecule has 0 saturated carbocycles. The molecule has 1 amide bonds. The number of nitrogens with one attached hydrogen (secondary N) is 2. The minimum Gasteiger partial charge on any atom is -0.353 e. The number of carbonyl (C=O) groups excluding carboxylic acids is 1. The second-order valence-corrected chi connectivity index (χ2v) is 7.39. The van der Waals surface area contributed by atoms with E-state index in [1.54, 1.807) is 4.57 Å². The van der Waals surface area contributed by atoms with Gasteiger partial charge in [0.05, 0.1) is 6.04 Å². The van der Waals surface area contributed by atoms with Crippen molar-refractivity contribution in [2.45, 2.75) is 19.5 Å². The Kier molecular flexibility index (Phi) is 6.38. The molecule has 0 aliphatic carbocycles. The van der Waals surface area contributed by atoms with Gasteiger partial charge in [0.15, 0.2) is 10.6 Å². The molecule has 2 aromatic carbocycles. The average molecular weight is 396 g/mol. The molecule has 6 nitrogen and oxygen atoms in total. The molecular formula is C21H25N5OS. The molecule has 0 radical (unpaired) electrons. The molecule has 0 saturated heterocycles. The van der Waals surface area contributed by atoms with Gasteiger partial charge in [-0.3, -0.25) is 14.5 Å². The molecule has 28 heavy (non-hydrogen) atoms. The van der Waals surface area contributed by atoms with E-state index in [0.717, 1.165) is 16.7 Å². The number of hydrogen-bond acceptors (Lipinski definition) is 4. The second-order valence-electron chi connectivity index (χ2n) is 7.00. The fourth-order valence-electron chi connectivity index (χ4n) is 3.07. The lowest BCUT2D eigenvalue weighted by Crippen LogP contribution is -2.36. The van der Waals surface area contributed by atoms with Crippen LogP contribution in [0.1, 0.15) is 17.2 Å². The molecule has 2 N–H and O–H groups in total. The SMILES string of the molecule is Cc1ccc(-c2n[nH]c(=S)n2CC(=O)NC[C@@H](c2ccccc2)N(C)C)cc1. The molecule has 3 aromatic rings. The van der Waals surface area contributed by atoms with E-state index in [4.69, 9.17) is 12.2 Å². The molecular weight excluding hydrogens is 370 g/mol. The summed E-state index contributed by atoms with van der Waals surface area (Å²) in [6.07, 6.45) is 0. The number of hydrogen-bond donors (Lipinski definition) is 2. The van der Waals surface area contributed by atoms with Crippen LogP contribution in [0.3, 0.4) is 0 Å². The minimum atomic E-state index is -0.103. The monoisotopic (exact) mass is 395 g/mol. The highest BCUT2D eigenvalue weighted by atomic mass is 32.1. The average Bonchev–Trinajstić information content (AvgIpc) is 3.03. The van der Waals surface area contributed by atoms with Crippen LogP contribution in [-0.2, 0) is 11.3 Å². The Balaban J connectivity index is 1.71. The number of carbonyl (C=O) groups is 1. The zero-order valence-corrected chi connectivity index (χ0v) is 17.2. The normalized spacial score (nSPS) is 12.1. The first kappa shape index (κ1) is 20.0. The van der Waals surface area contributed by atoms with Gasteiger partial charge >= 0.3 is 0 Å². The van der Waals surface area contributed by atoms with Gasteiger partial charge in [0.2, 0.25) is 5.91 Å². The number of aryl methyl sites for hydroxylation is 1. The number of nitrogens with zero attached hydrogens (tertiary/aromatic N) is 3. The summed E-state index contributed by atoms with van der Waals surface area (Å²) < 4.78 is 2.15. The number of rotatable bonds is 7. The van der Waals surface area contributed by atoms with E-state index >= 15 is 0 Å². The van der Waals surface area contributed by atoms with Crippen molar-refractivity contribution in [3.8, 4) is 11.4 Å². The van der Waals surface area contributed by atoms with Gasteiger partial charge in [-0.2, -0.15) is 5.10 Å². The van der Waals surface area contributed by atoms with Crippen molar-refractivity contribution in [3.63, 3.8) is 0 Å². The number of amides is 1. The molecule has 0 bridgehead atoms. The van der Waals surface area contributed by atoms with Crippen molar-refractivity contribution in [1.82, 2.24) is 25.0 Å². The van der Waals surface area contributed by atoms with Crippen molar-refractivity contribution < 1.29 is 4.79 Å². The Morgan fingerprint density at radius 2 is 1.86 bits per heavy atom. The van der Waals surface area contributed by atoms with Crippen LogP contribution in [0.4, 0.5) is 0 Å². The lowest BCUT2D eigenvalue weighted by molar-refractivity contribution is -0.121. The maximum absolute atomic E-state index is 12.6. The predicted molar refractivity (Wildman–Crippen MR) is 113 cm³/mol. The van der Waals surface area contributed by atoms with Gasteiger partial charge < -0.3 is 10.2 Å². The summed E-state index contributed by atoms with van der Waals surface area (Å²) in [5.41, 5.74) is 3.24. The summed E-state index contributed by atoms with van der Waals surface area (Å²) in [4.78, 5) is 14.7. The van der Waals surface area contributed by atoms with Crippen LogP contribution in [0.15, 0.2) is 54.6 Å². The summed E-state index contributed by atoms with van der Waals surface area (Å²) in [7, 11) is 4.01. The third kappa shape index (κ3) is 4.74. The summed E-state index contributed by atoms with van der Waals surface area (Å²) >= 11 is 5.33. The molecule has 3 rings (SSSR count). The van der Waals surface area contributed by atoms with Crippen LogP contribution in [0.2, 0.25) is 0 Å². The Bertz CT molecular complexity index is 976. The first-order valence-corrected chi connectivity index (χ1v) is 9.57. The zero-order chi connectivity index (χ0) is 20.1. The molecule has 1 atom stereocenters. The molecule has 0 spiro atoms. The third-order valence-electron chi connectivity index (χ3n) is 4.67. The second kappa shape index (κ2) is 8.95. The van der Waals surface area contributed by atoms with E-state index in [9.17, 15) is 4.79 Å². The molecule has 1 aromatic heterocycles. The third-order valence-corrected chi connectivity index (χ3v) is 4.98. The van der Waals surface area contributed by atoms with E-state index in [0.29, 0.717) is 17.1 Å². The van der Waals surface area contributed by atoms with Crippen LogP contribution < -0.4 is 5.32 Å². The smallest absolute Gasteiger partial charge is 0.240 e. The van der Waals surface area contributed by atoms with Gasteiger partial charge in [-0.25, -0.2) is 0 Å². The van der Waals surface area contributed by atoms with Crippen molar-refractivity contribution in [2.24, 2.45) is 0 Å². The summed E-state index contributed by atoms with van der Waals surface area (Å²) in [5.74, 6) is 0.556. The van der Waals surface area contributed by atoms with Crippen LogP contribution in [-0.4, -0.2) is 46.2 Å². The lowest BCUT2D eigenvalue weighted by atomic mass is 10.1. The number of H-pyrrole nitrogens is 1. The fourth-order valence-corrected chi connectivity index (χ4v) is 3.27. The largest absolute Gasteiger partial charge is 0.353 e. The minimum absolute atomic E-state index is 0.0963. The molecule has 7 heteroatoms. The maximum atomic E-state index is 12.6. The molecule has 146 valence electrons. The topological polar surface area (TPSA) is 66.0 Å². The number of benzene rings is 2. The van der Waals surface area contributed by atoms with E-state index in [1.807, 2.05) is 63.5 Å². The quantitative estimate of drug-likeness (QED) is 0.602. The van der Waals surface area contributed by atoms with Gasteiger partial charge in [-0.1, -0.05) is 60.2 Å². The lowest BCUT2D eigenvalue weighted by Gasteiger charge is -2.25. The van der Waals surface area contributed by atoms with E-state index in [1.165, 1.54) is 0 Å². The van der Waals surface area contributed by atoms with Crippen molar-refractivity contribution in [1.29, 1.82) is 0 Å². The number of aromatic nitrogens is 3.